The molecule has 0 spiro atoms. The third-order valence-electron chi connectivity index (χ3n) is 6.05. The normalized spacial score (nSPS) is 10.4. The molecular formula is C34H35BrN2O8S2. The molecule has 1 N–H and O–H groups in total. The summed E-state index contributed by atoms with van der Waals surface area (Å²) in [5.74, 6) is -0.730. The van der Waals surface area contributed by atoms with E-state index in [1.54, 1.807) is 84.9 Å². The molecule has 0 heterocycles. The van der Waals surface area contributed by atoms with Crippen LogP contribution in [0.25, 0.3) is 0 Å². The van der Waals surface area contributed by atoms with Gasteiger partial charge in [-0.15, -0.1) is 0 Å². The Kier molecular flexibility index (Phi) is 15.6. The first-order chi connectivity index (χ1) is 22.4. The van der Waals surface area contributed by atoms with Gasteiger partial charge in [-0.3, -0.25) is 9.03 Å². The molecule has 4 aromatic rings. The zero-order chi connectivity index (χ0) is 34.9. The Morgan fingerprint density at radius 2 is 1.15 bits per heavy atom. The highest BCUT2D eigenvalue weighted by Gasteiger charge is 2.19. The quantitative estimate of drug-likeness (QED) is 0.130. The van der Waals surface area contributed by atoms with Gasteiger partial charge in [0, 0.05) is 21.8 Å². The maximum atomic E-state index is 12.3. The standard InChI is InChI=1S/C17H17NO4S.C9H9BrO2.C8H9NO2S/c1-3-23(20,21)18(16-7-5-4-6-8-16)13-14-9-11-15(12-10-14)17(19)22-2;1-12-9(11)8-4-2-7(6-10)3-5-8;1-2-12(10,11)9-8-6-4-3-5-7-8/h3-12H,1,13H2,2H3;2-5H,6H2,1H3;2-7,9H,1H2. The van der Waals surface area contributed by atoms with Crippen molar-refractivity contribution < 1.29 is 35.9 Å². The summed E-state index contributed by atoms with van der Waals surface area (Å²) in [4.78, 5) is 22.4. The Balaban J connectivity index is 0.000000270. The third kappa shape index (κ3) is 12.9. The summed E-state index contributed by atoms with van der Waals surface area (Å²) in [6.07, 6.45) is 0. The minimum atomic E-state index is -3.64. The van der Waals surface area contributed by atoms with Crippen LogP contribution in [0.3, 0.4) is 0 Å². The fraction of sp³-hybridized carbons (Fsp3) is 0.118. The molecule has 0 atom stereocenters. The predicted octanol–water partition coefficient (Wildman–Crippen LogP) is 6.89. The lowest BCUT2D eigenvalue weighted by molar-refractivity contribution is 0.0592. The van der Waals surface area contributed by atoms with E-state index in [0.717, 1.165) is 27.3 Å². The topological polar surface area (TPSA) is 136 Å². The minimum Gasteiger partial charge on any atom is -0.465 e. The number of anilines is 2. The van der Waals surface area contributed by atoms with Crippen LogP contribution in [0.5, 0.6) is 0 Å². The second-order valence-corrected chi connectivity index (χ2v) is 13.2. The first-order valence-electron chi connectivity index (χ1n) is 13.7. The van der Waals surface area contributed by atoms with Crippen molar-refractivity contribution in [2.45, 2.75) is 11.9 Å². The third-order valence-corrected chi connectivity index (χ3v) is 9.03. The number of rotatable bonds is 11. The first-order valence-corrected chi connectivity index (χ1v) is 17.9. The fourth-order valence-electron chi connectivity index (χ4n) is 3.60. The molecule has 13 heteroatoms. The average Bonchev–Trinajstić information content (AvgIpc) is 3.11. The van der Waals surface area contributed by atoms with Gasteiger partial charge < -0.3 is 9.47 Å². The predicted molar refractivity (Wildman–Crippen MR) is 189 cm³/mol. The number of hydrogen-bond acceptors (Lipinski definition) is 8. The highest BCUT2D eigenvalue weighted by molar-refractivity contribution is 9.08. The van der Waals surface area contributed by atoms with Crippen LogP contribution in [-0.2, 0) is 41.4 Å². The van der Waals surface area contributed by atoms with E-state index in [9.17, 15) is 26.4 Å². The van der Waals surface area contributed by atoms with Crippen molar-refractivity contribution in [3.05, 3.63) is 155 Å². The van der Waals surface area contributed by atoms with Gasteiger partial charge in [0.1, 0.15) is 0 Å². The number of nitrogens with zero attached hydrogens (tertiary/aromatic N) is 1. The number of para-hydroxylation sites is 2. The van der Waals surface area contributed by atoms with Gasteiger partial charge in [0.15, 0.2) is 0 Å². The molecule has 0 aliphatic heterocycles. The van der Waals surface area contributed by atoms with Crippen LogP contribution < -0.4 is 9.03 Å². The number of ether oxygens (including phenoxy) is 2. The van der Waals surface area contributed by atoms with Crippen molar-refractivity contribution in [3.8, 4) is 0 Å². The molecule has 4 rings (SSSR count). The molecule has 0 aliphatic carbocycles. The van der Waals surface area contributed by atoms with E-state index >= 15 is 0 Å². The van der Waals surface area contributed by atoms with Gasteiger partial charge >= 0.3 is 11.9 Å². The number of methoxy groups -OCH3 is 2. The number of carbonyl (C=O) groups excluding carboxylic acids is 2. The van der Waals surface area contributed by atoms with Crippen LogP contribution in [0.4, 0.5) is 11.4 Å². The number of halogens is 1. The molecule has 0 aliphatic rings. The summed E-state index contributed by atoms with van der Waals surface area (Å²) < 4.78 is 59.2. The number of benzene rings is 4. The summed E-state index contributed by atoms with van der Waals surface area (Å²) in [6, 6.07) is 31.3. The maximum Gasteiger partial charge on any atom is 0.337 e. The van der Waals surface area contributed by atoms with E-state index in [4.69, 9.17) is 0 Å². The van der Waals surface area contributed by atoms with Crippen molar-refractivity contribution in [2.24, 2.45) is 0 Å². The lowest BCUT2D eigenvalue weighted by atomic mass is 10.1. The monoisotopic (exact) mass is 742 g/mol. The van der Waals surface area contributed by atoms with E-state index < -0.39 is 26.0 Å². The molecule has 4 aromatic carbocycles. The Morgan fingerprint density at radius 3 is 1.55 bits per heavy atom. The van der Waals surface area contributed by atoms with Crippen LogP contribution in [0, 0.1) is 0 Å². The number of carbonyl (C=O) groups is 2. The summed E-state index contributed by atoms with van der Waals surface area (Å²) in [5, 5.41) is 2.59. The molecule has 47 heavy (non-hydrogen) atoms. The van der Waals surface area contributed by atoms with Gasteiger partial charge in [-0.05, 0) is 59.7 Å². The molecular weight excluding hydrogens is 708 g/mol. The number of sulfonamides is 2. The average molecular weight is 744 g/mol. The van der Waals surface area contributed by atoms with Gasteiger partial charge in [-0.2, -0.15) is 0 Å². The molecule has 10 nitrogen and oxygen atoms in total. The van der Waals surface area contributed by atoms with E-state index in [1.807, 2.05) is 24.3 Å². The number of esters is 2. The minimum absolute atomic E-state index is 0.139. The molecule has 248 valence electrons. The summed E-state index contributed by atoms with van der Waals surface area (Å²) in [7, 11) is -4.31. The van der Waals surface area contributed by atoms with Gasteiger partial charge in [-0.1, -0.05) is 89.8 Å². The molecule has 0 saturated carbocycles. The van der Waals surface area contributed by atoms with Gasteiger partial charge in [0.05, 0.1) is 37.6 Å². The van der Waals surface area contributed by atoms with Crippen LogP contribution in [0.2, 0.25) is 0 Å². The van der Waals surface area contributed by atoms with Crippen LogP contribution in [-0.4, -0.2) is 43.0 Å². The molecule has 0 bridgehead atoms. The van der Waals surface area contributed by atoms with Crippen LogP contribution in [0.15, 0.2) is 133 Å². The lowest BCUT2D eigenvalue weighted by Crippen LogP contribution is -2.28. The highest BCUT2D eigenvalue weighted by Crippen LogP contribution is 2.22. The molecule has 0 saturated heterocycles. The molecule has 0 radical (unpaired) electrons. The zero-order valence-electron chi connectivity index (χ0n) is 25.8. The Bertz CT molecular complexity index is 1820. The van der Waals surface area contributed by atoms with Crippen molar-refractivity contribution in [1.82, 2.24) is 0 Å². The van der Waals surface area contributed by atoms with E-state index in [1.165, 1.54) is 18.5 Å². The summed E-state index contributed by atoms with van der Waals surface area (Å²) in [6.45, 7) is 6.69. The highest BCUT2D eigenvalue weighted by atomic mass is 79.9. The van der Waals surface area contributed by atoms with Crippen LogP contribution >= 0.6 is 15.9 Å². The molecule has 0 fully saturated rings. The Hall–Kier alpha value is -4.72. The Labute approximate surface area is 284 Å². The number of nitrogens with one attached hydrogen (secondary N) is 1. The fourth-order valence-corrected chi connectivity index (χ4v) is 5.45. The molecule has 0 amide bonds. The molecule has 0 unspecified atom stereocenters. The Morgan fingerprint density at radius 1 is 0.702 bits per heavy atom. The van der Waals surface area contributed by atoms with E-state index in [-0.39, 0.29) is 12.5 Å². The lowest BCUT2D eigenvalue weighted by Gasteiger charge is -2.22. The molecule has 0 aromatic heterocycles. The first kappa shape index (κ1) is 38.5. The van der Waals surface area contributed by atoms with E-state index in [2.05, 4.69) is 43.3 Å². The zero-order valence-corrected chi connectivity index (χ0v) is 29.0. The summed E-state index contributed by atoms with van der Waals surface area (Å²) in [5.41, 5.74) is 3.97. The van der Waals surface area contributed by atoms with Gasteiger partial charge in [0.25, 0.3) is 20.0 Å². The number of alkyl halides is 1. The van der Waals surface area contributed by atoms with Crippen molar-refractivity contribution in [2.75, 3.05) is 23.2 Å². The maximum absolute atomic E-state index is 12.3. The van der Waals surface area contributed by atoms with Gasteiger partial charge in [0.2, 0.25) is 0 Å². The summed E-state index contributed by atoms with van der Waals surface area (Å²) >= 11 is 3.32. The smallest absolute Gasteiger partial charge is 0.337 e. The van der Waals surface area contributed by atoms with Crippen molar-refractivity contribution in [1.29, 1.82) is 0 Å². The largest absolute Gasteiger partial charge is 0.465 e. The van der Waals surface area contributed by atoms with Gasteiger partial charge in [-0.25, -0.2) is 26.4 Å². The SMILES string of the molecule is C=CS(=O)(=O)N(Cc1ccc(C(=O)OC)cc1)c1ccccc1.C=CS(=O)(=O)Nc1ccccc1.COC(=O)c1ccc(CBr)cc1. The second kappa shape index (κ2) is 19.1. The van der Waals surface area contributed by atoms with E-state index in [0.29, 0.717) is 22.5 Å². The number of hydrogen-bond donors (Lipinski definition) is 1. The van der Waals surface area contributed by atoms with Crippen LogP contribution in [0.1, 0.15) is 31.8 Å². The van der Waals surface area contributed by atoms with Crippen molar-refractivity contribution in [3.63, 3.8) is 0 Å². The second-order valence-electron chi connectivity index (χ2n) is 9.24. The van der Waals surface area contributed by atoms with Crippen molar-refractivity contribution >= 4 is 59.3 Å².